The Morgan fingerprint density at radius 2 is 1.89 bits per heavy atom. The first-order chi connectivity index (χ1) is 8.70. The fraction of sp³-hybridized carbons (Fsp3) is 1.00. The molecule has 2 rings (SSSR count). The molecule has 0 bridgehead atoms. The summed E-state index contributed by atoms with van der Waals surface area (Å²) < 4.78 is 0. The Morgan fingerprint density at radius 1 is 1.11 bits per heavy atom. The number of rotatable bonds is 3. The van der Waals surface area contributed by atoms with Crippen molar-refractivity contribution in [3.05, 3.63) is 0 Å². The Bertz CT molecular complexity index is 252. The summed E-state index contributed by atoms with van der Waals surface area (Å²) in [5.74, 6) is 0. The Balaban J connectivity index is 1.84. The van der Waals surface area contributed by atoms with Gasteiger partial charge in [0.05, 0.1) is 0 Å². The van der Waals surface area contributed by atoms with E-state index in [1.807, 2.05) is 21.6 Å². The minimum atomic E-state index is 0.452. The molecule has 18 heavy (non-hydrogen) atoms. The average molecular weight is 291 g/mol. The van der Waals surface area contributed by atoms with Gasteiger partial charge in [0.1, 0.15) is 11.0 Å². The van der Waals surface area contributed by atoms with Crippen LogP contribution < -0.4 is 5.32 Å². The van der Waals surface area contributed by atoms with Gasteiger partial charge in [0.15, 0.2) is 0 Å². The molecule has 0 aromatic heterocycles. The molecule has 1 N–H and O–H groups in total. The third-order valence-corrected chi connectivity index (χ3v) is 6.54. The van der Waals surface area contributed by atoms with E-state index >= 15 is 0 Å². The molecule has 2 saturated heterocycles. The molecular weight excluding hydrogens is 264 g/mol. The molecule has 2 aliphatic heterocycles. The highest BCUT2D eigenvalue weighted by molar-refractivity contribution is 8.77. The summed E-state index contributed by atoms with van der Waals surface area (Å²) in [6.45, 7) is 8.39. The second kappa shape index (κ2) is 7.36. The lowest BCUT2D eigenvalue weighted by atomic mass is 10.2. The van der Waals surface area contributed by atoms with Crippen LogP contribution in [0.4, 0.5) is 0 Å². The van der Waals surface area contributed by atoms with E-state index in [1.54, 1.807) is 0 Å². The molecule has 2 heterocycles. The van der Waals surface area contributed by atoms with Crippen molar-refractivity contribution in [3.63, 3.8) is 0 Å². The molecule has 2 fully saturated rings. The van der Waals surface area contributed by atoms with Gasteiger partial charge in [-0.05, 0) is 40.0 Å². The van der Waals surface area contributed by atoms with Gasteiger partial charge in [-0.15, -0.1) is 0 Å². The minimum Gasteiger partial charge on any atom is -0.302 e. The summed E-state index contributed by atoms with van der Waals surface area (Å²) in [4.78, 5) is 7.44. The van der Waals surface area contributed by atoms with Crippen LogP contribution in [0.5, 0.6) is 0 Å². The van der Waals surface area contributed by atoms with Crippen molar-refractivity contribution in [2.45, 2.75) is 30.8 Å². The summed E-state index contributed by atoms with van der Waals surface area (Å²) >= 11 is 0. The molecule has 0 aromatic rings. The highest BCUT2D eigenvalue weighted by atomic mass is 33.1. The van der Waals surface area contributed by atoms with Crippen molar-refractivity contribution in [2.75, 3.05) is 46.8 Å². The number of likely N-dealkylation sites (N-methyl/N-ethyl adjacent to an activating group) is 1. The summed E-state index contributed by atoms with van der Waals surface area (Å²) in [5, 5.41) is 3.70. The van der Waals surface area contributed by atoms with Crippen LogP contribution >= 0.6 is 21.6 Å². The van der Waals surface area contributed by atoms with Crippen molar-refractivity contribution >= 4 is 21.6 Å². The van der Waals surface area contributed by atoms with Gasteiger partial charge in [-0.3, -0.25) is 15.1 Å². The third kappa shape index (κ3) is 4.02. The molecule has 0 aliphatic carbocycles. The molecule has 2 unspecified atom stereocenters. The van der Waals surface area contributed by atoms with Gasteiger partial charge in [0.2, 0.25) is 0 Å². The smallest absolute Gasteiger partial charge is 0.120 e. The van der Waals surface area contributed by atoms with Crippen LogP contribution in [0.2, 0.25) is 0 Å². The van der Waals surface area contributed by atoms with Crippen LogP contribution in [0.1, 0.15) is 19.8 Å². The maximum absolute atomic E-state index is 3.70. The lowest BCUT2D eigenvalue weighted by Crippen LogP contribution is -2.49. The standard InChI is InChI=1S/C12H26N4S2/c1-4-15-7-5-6-8-16(10-9-15)12-13-11(14(2)3)17-18-12/h11-13H,4-10H2,1-3H3. The Kier molecular flexibility index (Phi) is 6.11. The third-order valence-electron chi connectivity index (χ3n) is 3.64. The largest absolute Gasteiger partial charge is 0.302 e. The second-order valence-corrected chi connectivity index (χ2v) is 7.64. The van der Waals surface area contributed by atoms with Crippen molar-refractivity contribution < 1.29 is 0 Å². The number of hydrogen-bond donors (Lipinski definition) is 1. The first-order valence-corrected chi connectivity index (χ1v) is 9.19. The van der Waals surface area contributed by atoms with E-state index in [2.05, 4.69) is 41.0 Å². The molecule has 0 radical (unpaired) electrons. The molecular formula is C12H26N4S2. The molecule has 0 amide bonds. The molecule has 0 aromatic carbocycles. The zero-order valence-electron chi connectivity index (χ0n) is 11.8. The van der Waals surface area contributed by atoms with Gasteiger partial charge in [-0.1, -0.05) is 28.5 Å². The van der Waals surface area contributed by atoms with Gasteiger partial charge in [0, 0.05) is 19.6 Å². The topological polar surface area (TPSA) is 21.8 Å². The highest BCUT2D eigenvalue weighted by Crippen LogP contribution is 2.38. The summed E-state index contributed by atoms with van der Waals surface area (Å²) in [5.41, 5.74) is 0.937. The zero-order chi connectivity index (χ0) is 13.0. The van der Waals surface area contributed by atoms with Gasteiger partial charge < -0.3 is 4.90 Å². The molecule has 0 spiro atoms. The van der Waals surface area contributed by atoms with Crippen molar-refractivity contribution in [1.29, 1.82) is 0 Å². The normalized spacial score (nSPS) is 32.7. The predicted molar refractivity (Wildman–Crippen MR) is 82.5 cm³/mol. The van der Waals surface area contributed by atoms with Crippen LogP contribution in [0, 0.1) is 0 Å². The van der Waals surface area contributed by atoms with Crippen LogP contribution in [0.15, 0.2) is 0 Å². The van der Waals surface area contributed by atoms with E-state index in [0.29, 0.717) is 11.0 Å². The van der Waals surface area contributed by atoms with Gasteiger partial charge in [0.25, 0.3) is 0 Å². The fourth-order valence-electron chi connectivity index (χ4n) is 2.38. The Labute approximate surface area is 119 Å². The molecule has 2 atom stereocenters. The van der Waals surface area contributed by atoms with E-state index in [1.165, 1.54) is 45.6 Å². The van der Waals surface area contributed by atoms with Gasteiger partial charge in [-0.2, -0.15) is 0 Å². The van der Waals surface area contributed by atoms with E-state index in [-0.39, 0.29) is 0 Å². The minimum absolute atomic E-state index is 0.452. The van der Waals surface area contributed by atoms with Crippen molar-refractivity contribution in [1.82, 2.24) is 20.0 Å². The maximum Gasteiger partial charge on any atom is 0.120 e. The highest BCUT2D eigenvalue weighted by Gasteiger charge is 2.31. The average Bonchev–Trinajstić information content (AvgIpc) is 2.79. The summed E-state index contributed by atoms with van der Waals surface area (Å²) in [6, 6.07) is 0. The summed E-state index contributed by atoms with van der Waals surface area (Å²) in [6.07, 6.45) is 2.67. The second-order valence-electron chi connectivity index (χ2n) is 5.20. The lowest BCUT2D eigenvalue weighted by Gasteiger charge is -2.33. The number of hydrogen-bond acceptors (Lipinski definition) is 6. The molecule has 4 nitrogen and oxygen atoms in total. The molecule has 0 saturated carbocycles. The van der Waals surface area contributed by atoms with Crippen LogP contribution in [-0.2, 0) is 0 Å². The van der Waals surface area contributed by atoms with Crippen molar-refractivity contribution in [3.8, 4) is 0 Å². The maximum atomic E-state index is 3.70. The lowest BCUT2D eigenvalue weighted by molar-refractivity contribution is 0.148. The van der Waals surface area contributed by atoms with Crippen LogP contribution in [0.3, 0.4) is 0 Å². The zero-order valence-corrected chi connectivity index (χ0v) is 13.4. The SMILES string of the molecule is CCN1CCCCN(C2NC(N(C)C)SS2)CC1. The van der Waals surface area contributed by atoms with E-state index in [9.17, 15) is 0 Å². The predicted octanol–water partition coefficient (Wildman–Crippen LogP) is 1.52. The van der Waals surface area contributed by atoms with E-state index in [0.717, 1.165) is 0 Å². The van der Waals surface area contributed by atoms with Crippen LogP contribution in [0.25, 0.3) is 0 Å². The van der Waals surface area contributed by atoms with E-state index in [4.69, 9.17) is 0 Å². The quantitative estimate of drug-likeness (QED) is 0.790. The monoisotopic (exact) mass is 290 g/mol. The molecule has 6 heteroatoms. The van der Waals surface area contributed by atoms with Gasteiger partial charge >= 0.3 is 0 Å². The fourth-order valence-corrected chi connectivity index (χ4v) is 5.40. The van der Waals surface area contributed by atoms with Gasteiger partial charge in [-0.25, -0.2) is 0 Å². The number of nitrogens with zero attached hydrogens (tertiary/aromatic N) is 3. The Morgan fingerprint density at radius 3 is 2.56 bits per heavy atom. The molecule has 106 valence electrons. The Hall–Kier alpha value is 0.540. The van der Waals surface area contributed by atoms with Crippen molar-refractivity contribution in [2.24, 2.45) is 0 Å². The summed E-state index contributed by atoms with van der Waals surface area (Å²) in [7, 11) is 8.21. The van der Waals surface area contributed by atoms with Crippen LogP contribution in [-0.4, -0.2) is 72.5 Å². The first kappa shape index (κ1) is 14.9. The first-order valence-electron chi connectivity index (χ1n) is 6.91. The van der Waals surface area contributed by atoms with E-state index < -0.39 is 0 Å². The number of nitrogens with one attached hydrogen (secondary N) is 1. The molecule has 2 aliphatic rings.